The number of nitrogens with one attached hydrogen (secondary N) is 1. The molecule has 3 heterocycles. The summed E-state index contributed by atoms with van der Waals surface area (Å²) in [6.07, 6.45) is 0.114. The van der Waals surface area contributed by atoms with Gasteiger partial charge in [-0.3, -0.25) is 14.5 Å². The van der Waals surface area contributed by atoms with Gasteiger partial charge in [-0.05, 0) is 37.5 Å². The van der Waals surface area contributed by atoms with Crippen LogP contribution in [0.5, 0.6) is 0 Å². The Morgan fingerprint density at radius 1 is 1.50 bits per heavy atom. The predicted octanol–water partition coefficient (Wildman–Crippen LogP) is 2.30. The molecule has 118 valence electrons. The first-order chi connectivity index (χ1) is 10.5. The standard InChI is InChI=1S/C14H18N4O2S2/c1-9-6-17(7-10(2)20-9)12(19)8-18-13(15-16-14(18)21)11-4-3-5-22-11/h3-5,9-10H,6-8H2,1-2H3,(H,16,21)/t9-,10+. The molecule has 2 aromatic rings. The molecule has 22 heavy (non-hydrogen) atoms. The highest BCUT2D eigenvalue weighted by molar-refractivity contribution is 7.71. The van der Waals surface area contributed by atoms with Gasteiger partial charge in [0.1, 0.15) is 6.54 Å². The lowest BCUT2D eigenvalue weighted by molar-refractivity contribution is -0.143. The number of carbonyl (C=O) groups excluding carboxylic acids is 1. The van der Waals surface area contributed by atoms with Crippen LogP contribution in [-0.2, 0) is 16.1 Å². The molecule has 6 nitrogen and oxygen atoms in total. The summed E-state index contributed by atoms with van der Waals surface area (Å²) < 4.78 is 7.89. The Hall–Kier alpha value is -1.51. The summed E-state index contributed by atoms with van der Waals surface area (Å²) in [5.74, 6) is 0.750. The van der Waals surface area contributed by atoms with E-state index in [1.807, 2.05) is 36.3 Å². The zero-order valence-electron chi connectivity index (χ0n) is 12.5. The van der Waals surface area contributed by atoms with Crippen molar-refractivity contribution < 1.29 is 9.53 Å². The average molecular weight is 338 g/mol. The molecule has 0 unspecified atom stereocenters. The van der Waals surface area contributed by atoms with E-state index in [2.05, 4.69) is 10.2 Å². The molecule has 3 rings (SSSR count). The maximum absolute atomic E-state index is 12.6. The van der Waals surface area contributed by atoms with Crippen molar-refractivity contribution in [3.63, 3.8) is 0 Å². The van der Waals surface area contributed by atoms with Crippen molar-refractivity contribution in [1.82, 2.24) is 19.7 Å². The summed E-state index contributed by atoms with van der Waals surface area (Å²) >= 11 is 6.84. The van der Waals surface area contributed by atoms with E-state index in [1.54, 1.807) is 15.9 Å². The Balaban J connectivity index is 1.80. The molecule has 2 aromatic heterocycles. The normalized spacial score (nSPS) is 22.0. The lowest BCUT2D eigenvalue weighted by atomic mass is 10.2. The molecular weight excluding hydrogens is 320 g/mol. The number of carbonyl (C=O) groups is 1. The summed E-state index contributed by atoms with van der Waals surface area (Å²) in [4.78, 5) is 15.4. The van der Waals surface area contributed by atoms with Crippen LogP contribution in [-0.4, -0.2) is 50.9 Å². The smallest absolute Gasteiger partial charge is 0.242 e. The number of ether oxygens (including phenoxy) is 1. The zero-order chi connectivity index (χ0) is 15.7. The highest BCUT2D eigenvalue weighted by atomic mass is 32.1. The summed E-state index contributed by atoms with van der Waals surface area (Å²) in [5, 5.41) is 9.00. The van der Waals surface area contributed by atoms with Crippen LogP contribution in [0.2, 0.25) is 0 Å². The van der Waals surface area contributed by atoms with Gasteiger partial charge >= 0.3 is 0 Å². The molecule has 1 aliphatic rings. The Morgan fingerprint density at radius 2 is 2.23 bits per heavy atom. The molecular formula is C14H18N4O2S2. The highest BCUT2D eigenvalue weighted by Gasteiger charge is 2.26. The van der Waals surface area contributed by atoms with E-state index in [-0.39, 0.29) is 24.7 Å². The third-order valence-corrected chi connectivity index (χ3v) is 4.74. The zero-order valence-corrected chi connectivity index (χ0v) is 14.1. The predicted molar refractivity (Wildman–Crippen MR) is 87.3 cm³/mol. The van der Waals surface area contributed by atoms with Crippen LogP contribution in [0.1, 0.15) is 13.8 Å². The number of thiophene rings is 1. The monoisotopic (exact) mass is 338 g/mol. The fraction of sp³-hybridized carbons (Fsp3) is 0.500. The molecule has 1 fully saturated rings. The summed E-state index contributed by atoms with van der Waals surface area (Å²) in [6.45, 7) is 5.39. The Kier molecular flexibility index (Phi) is 4.42. The second-order valence-corrected chi connectivity index (χ2v) is 6.81. The van der Waals surface area contributed by atoms with Gasteiger partial charge in [0.25, 0.3) is 0 Å². The first-order valence-electron chi connectivity index (χ1n) is 7.17. The maximum atomic E-state index is 12.6. The lowest BCUT2D eigenvalue weighted by Crippen LogP contribution is -2.49. The Bertz CT molecular complexity index is 697. The lowest BCUT2D eigenvalue weighted by Gasteiger charge is -2.35. The minimum Gasteiger partial charge on any atom is -0.372 e. The van der Waals surface area contributed by atoms with E-state index in [1.165, 1.54) is 0 Å². The van der Waals surface area contributed by atoms with Gasteiger partial charge < -0.3 is 9.64 Å². The van der Waals surface area contributed by atoms with E-state index >= 15 is 0 Å². The van der Waals surface area contributed by atoms with Crippen molar-refractivity contribution in [3.05, 3.63) is 22.3 Å². The molecule has 1 N–H and O–H groups in total. The van der Waals surface area contributed by atoms with Gasteiger partial charge in [-0.25, -0.2) is 0 Å². The van der Waals surface area contributed by atoms with Gasteiger partial charge in [0.15, 0.2) is 10.6 Å². The topological polar surface area (TPSA) is 63.2 Å². The van der Waals surface area contributed by atoms with E-state index in [4.69, 9.17) is 17.0 Å². The number of H-pyrrole nitrogens is 1. The third kappa shape index (κ3) is 3.13. The Labute approximate surface area is 137 Å². The number of aromatic amines is 1. The van der Waals surface area contributed by atoms with Crippen molar-refractivity contribution in [1.29, 1.82) is 0 Å². The molecule has 0 spiro atoms. The number of amides is 1. The van der Waals surface area contributed by atoms with E-state index in [0.29, 0.717) is 23.7 Å². The van der Waals surface area contributed by atoms with Crippen LogP contribution >= 0.6 is 23.6 Å². The van der Waals surface area contributed by atoms with Crippen molar-refractivity contribution in [3.8, 4) is 10.7 Å². The Morgan fingerprint density at radius 3 is 2.86 bits per heavy atom. The molecule has 0 saturated carbocycles. The number of aromatic nitrogens is 3. The minimum absolute atomic E-state index is 0.0392. The third-order valence-electron chi connectivity index (χ3n) is 3.57. The summed E-state index contributed by atoms with van der Waals surface area (Å²) in [5.41, 5.74) is 0. The fourth-order valence-electron chi connectivity index (χ4n) is 2.68. The molecule has 8 heteroatoms. The number of morpholine rings is 1. The molecule has 0 bridgehead atoms. The van der Waals surface area contributed by atoms with Crippen LogP contribution in [0, 0.1) is 4.77 Å². The molecule has 1 aliphatic heterocycles. The maximum Gasteiger partial charge on any atom is 0.242 e. The summed E-state index contributed by atoms with van der Waals surface area (Å²) in [7, 11) is 0. The number of hydrogen-bond donors (Lipinski definition) is 1. The van der Waals surface area contributed by atoms with E-state index < -0.39 is 0 Å². The molecule has 1 saturated heterocycles. The van der Waals surface area contributed by atoms with Crippen LogP contribution < -0.4 is 0 Å². The van der Waals surface area contributed by atoms with Gasteiger partial charge in [0.05, 0.1) is 17.1 Å². The van der Waals surface area contributed by atoms with Gasteiger partial charge in [0.2, 0.25) is 5.91 Å². The number of nitrogens with zero attached hydrogens (tertiary/aromatic N) is 3. The first-order valence-corrected chi connectivity index (χ1v) is 8.45. The summed E-state index contributed by atoms with van der Waals surface area (Å²) in [6, 6.07) is 3.92. The van der Waals surface area contributed by atoms with Crippen molar-refractivity contribution >= 4 is 29.5 Å². The largest absolute Gasteiger partial charge is 0.372 e. The van der Waals surface area contributed by atoms with Crippen molar-refractivity contribution in [2.75, 3.05) is 13.1 Å². The average Bonchev–Trinajstić information content (AvgIpc) is 3.08. The molecule has 0 radical (unpaired) electrons. The van der Waals surface area contributed by atoms with Crippen molar-refractivity contribution in [2.45, 2.75) is 32.6 Å². The van der Waals surface area contributed by atoms with Crippen LogP contribution in [0.15, 0.2) is 17.5 Å². The fourth-order valence-corrected chi connectivity index (χ4v) is 3.59. The van der Waals surface area contributed by atoms with Crippen LogP contribution in [0.3, 0.4) is 0 Å². The second kappa shape index (κ2) is 6.31. The molecule has 0 aromatic carbocycles. The number of rotatable bonds is 3. The SMILES string of the molecule is C[C@@H]1CN(C(=O)Cn2c(-c3cccs3)n[nH]c2=S)C[C@H](C)O1. The second-order valence-electron chi connectivity index (χ2n) is 5.47. The van der Waals surface area contributed by atoms with Gasteiger partial charge in [-0.1, -0.05) is 6.07 Å². The highest BCUT2D eigenvalue weighted by Crippen LogP contribution is 2.23. The van der Waals surface area contributed by atoms with Crippen molar-refractivity contribution in [2.24, 2.45) is 0 Å². The molecule has 0 aliphatic carbocycles. The minimum atomic E-state index is 0.0392. The van der Waals surface area contributed by atoms with Gasteiger partial charge in [-0.2, -0.15) is 5.10 Å². The van der Waals surface area contributed by atoms with Gasteiger partial charge in [-0.15, -0.1) is 11.3 Å². The van der Waals surface area contributed by atoms with Crippen LogP contribution in [0.4, 0.5) is 0 Å². The van der Waals surface area contributed by atoms with Gasteiger partial charge in [0, 0.05) is 13.1 Å². The van der Waals surface area contributed by atoms with Crippen LogP contribution in [0.25, 0.3) is 10.7 Å². The van der Waals surface area contributed by atoms with E-state index in [0.717, 1.165) is 4.88 Å². The first kappa shape index (κ1) is 15.4. The quantitative estimate of drug-likeness (QED) is 0.872. The molecule has 2 atom stereocenters. The number of hydrogen-bond acceptors (Lipinski definition) is 5. The molecule has 1 amide bonds. The van der Waals surface area contributed by atoms with E-state index in [9.17, 15) is 4.79 Å².